The van der Waals surface area contributed by atoms with Gasteiger partial charge in [0.25, 0.3) is 0 Å². The molecule has 0 radical (unpaired) electrons. The van der Waals surface area contributed by atoms with E-state index in [0.717, 1.165) is 5.56 Å². The van der Waals surface area contributed by atoms with Gasteiger partial charge < -0.3 is 15.7 Å². The lowest BCUT2D eigenvalue weighted by Gasteiger charge is -2.35. The number of rotatable bonds is 5. The molecule has 4 rings (SSSR count). The lowest BCUT2D eigenvalue weighted by molar-refractivity contribution is 0.188. The van der Waals surface area contributed by atoms with E-state index in [1.54, 1.807) is 24.3 Å². The molecule has 1 saturated carbocycles. The summed E-state index contributed by atoms with van der Waals surface area (Å²) in [5.41, 5.74) is 0.898. The molecule has 6 nitrogen and oxygen atoms in total. The van der Waals surface area contributed by atoms with Crippen molar-refractivity contribution in [1.82, 2.24) is 10.6 Å². The fourth-order valence-corrected chi connectivity index (χ4v) is 6.71. The van der Waals surface area contributed by atoms with Crippen LogP contribution in [0.1, 0.15) is 41.7 Å². The fourth-order valence-electron chi connectivity index (χ4n) is 4.35. The van der Waals surface area contributed by atoms with Crippen LogP contribution in [0, 0.1) is 5.82 Å². The van der Waals surface area contributed by atoms with E-state index in [-0.39, 0.29) is 12.5 Å². The van der Waals surface area contributed by atoms with Crippen LogP contribution in [0.2, 0.25) is 0 Å². The monoisotopic (exact) mass is 432 g/mol. The lowest BCUT2D eigenvalue weighted by atomic mass is 9.98. The number of amides is 1. The van der Waals surface area contributed by atoms with Gasteiger partial charge in [0.05, 0.1) is 16.0 Å². The summed E-state index contributed by atoms with van der Waals surface area (Å²) in [6.07, 6.45) is 0.159. The maximum atomic E-state index is 14.9. The van der Waals surface area contributed by atoms with Crippen LogP contribution in [-0.2, 0) is 21.8 Å². The average molecular weight is 433 g/mol. The second kappa shape index (κ2) is 7.67. The Morgan fingerprint density at radius 2 is 1.93 bits per heavy atom. The third kappa shape index (κ3) is 3.81. The van der Waals surface area contributed by atoms with Gasteiger partial charge in [-0.05, 0) is 48.9 Å². The van der Waals surface area contributed by atoms with Crippen molar-refractivity contribution >= 4 is 15.9 Å². The Kier molecular flexibility index (Phi) is 5.32. The molecule has 30 heavy (non-hydrogen) atoms. The SMILES string of the molecule is C[C@@H]1NC[C@@H](c2ccccc2)S(=O)(=O)C1Cc1ccc(C2(NC(=O)O)CC2)cc1F. The highest BCUT2D eigenvalue weighted by molar-refractivity contribution is 7.92. The van der Waals surface area contributed by atoms with Crippen LogP contribution in [0.25, 0.3) is 0 Å². The first kappa shape index (κ1) is 20.8. The Labute approximate surface area is 175 Å². The summed E-state index contributed by atoms with van der Waals surface area (Å²) >= 11 is 0. The zero-order valence-corrected chi connectivity index (χ0v) is 17.5. The van der Waals surface area contributed by atoms with Crippen LogP contribution in [0.15, 0.2) is 48.5 Å². The van der Waals surface area contributed by atoms with E-state index < -0.39 is 37.8 Å². The van der Waals surface area contributed by atoms with Gasteiger partial charge in [0.1, 0.15) is 5.82 Å². The molecule has 1 heterocycles. The smallest absolute Gasteiger partial charge is 0.405 e. The van der Waals surface area contributed by atoms with E-state index in [2.05, 4.69) is 10.6 Å². The summed E-state index contributed by atoms with van der Waals surface area (Å²) in [5, 5.41) is 13.3. The van der Waals surface area contributed by atoms with Crippen molar-refractivity contribution in [1.29, 1.82) is 0 Å². The molecular formula is C22H25FN2O4S. The van der Waals surface area contributed by atoms with E-state index >= 15 is 0 Å². The Bertz CT molecular complexity index is 1050. The topological polar surface area (TPSA) is 95.5 Å². The Morgan fingerprint density at radius 3 is 2.53 bits per heavy atom. The molecule has 1 aliphatic carbocycles. The van der Waals surface area contributed by atoms with Crippen LogP contribution in [0.3, 0.4) is 0 Å². The van der Waals surface area contributed by atoms with E-state index in [0.29, 0.717) is 30.5 Å². The predicted molar refractivity (Wildman–Crippen MR) is 112 cm³/mol. The number of hydrogen-bond donors (Lipinski definition) is 3. The summed E-state index contributed by atoms with van der Waals surface area (Å²) in [5.74, 6) is -0.504. The second-order valence-corrected chi connectivity index (χ2v) is 10.6. The molecule has 2 aromatic carbocycles. The van der Waals surface area contributed by atoms with Crippen LogP contribution in [0.5, 0.6) is 0 Å². The molecule has 0 aromatic heterocycles. The molecule has 0 bridgehead atoms. The van der Waals surface area contributed by atoms with E-state index in [1.165, 1.54) is 6.07 Å². The molecule has 3 N–H and O–H groups in total. The minimum atomic E-state index is -3.54. The van der Waals surface area contributed by atoms with Crippen molar-refractivity contribution in [2.75, 3.05) is 6.54 Å². The van der Waals surface area contributed by atoms with Crippen molar-refractivity contribution < 1.29 is 22.7 Å². The van der Waals surface area contributed by atoms with Gasteiger partial charge in [0, 0.05) is 12.6 Å². The maximum Gasteiger partial charge on any atom is 0.405 e. The molecule has 1 aliphatic heterocycles. The number of carbonyl (C=O) groups is 1. The standard InChI is InChI=1S/C22H25FN2O4S/c1-14-19(30(28,29)20(13-24-14)15-5-3-2-4-6-15)11-16-7-8-17(12-18(16)23)22(9-10-22)25-21(26)27/h2-8,12,14,19-20,24-25H,9-11,13H2,1H3,(H,26,27)/t14-,19?,20-/m0/s1. The van der Waals surface area contributed by atoms with Crippen molar-refractivity contribution in [2.24, 2.45) is 0 Å². The van der Waals surface area contributed by atoms with E-state index in [1.807, 2.05) is 25.1 Å². The minimum absolute atomic E-state index is 0.0608. The number of carboxylic acid groups (broad SMARTS) is 1. The summed E-state index contributed by atoms with van der Waals surface area (Å²) in [7, 11) is -3.54. The first-order valence-electron chi connectivity index (χ1n) is 10.0. The number of sulfone groups is 1. The highest BCUT2D eigenvalue weighted by atomic mass is 32.2. The largest absolute Gasteiger partial charge is 0.465 e. The Morgan fingerprint density at radius 1 is 1.23 bits per heavy atom. The van der Waals surface area contributed by atoms with Gasteiger partial charge in [0.15, 0.2) is 9.84 Å². The van der Waals surface area contributed by atoms with Crippen molar-refractivity contribution in [3.8, 4) is 0 Å². The van der Waals surface area contributed by atoms with Gasteiger partial charge in [-0.15, -0.1) is 0 Å². The molecular weight excluding hydrogens is 407 g/mol. The summed E-state index contributed by atoms with van der Waals surface area (Å²) in [6.45, 7) is 2.14. The Hall–Kier alpha value is -2.45. The quantitative estimate of drug-likeness (QED) is 0.675. The molecule has 1 unspecified atom stereocenters. The van der Waals surface area contributed by atoms with Gasteiger partial charge in [-0.3, -0.25) is 0 Å². The van der Waals surface area contributed by atoms with Gasteiger partial charge in [-0.25, -0.2) is 17.6 Å². The summed E-state index contributed by atoms with van der Waals surface area (Å²) in [6, 6.07) is 13.4. The van der Waals surface area contributed by atoms with Crippen LogP contribution >= 0.6 is 0 Å². The van der Waals surface area contributed by atoms with Gasteiger partial charge >= 0.3 is 6.09 Å². The van der Waals surface area contributed by atoms with Crippen LogP contribution in [0.4, 0.5) is 9.18 Å². The second-order valence-electron chi connectivity index (χ2n) is 8.25. The molecule has 1 saturated heterocycles. The normalized spacial score (nSPS) is 26.7. The van der Waals surface area contributed by atoms with Gasteiger partial charge in [0.2, 0.25) is 0 Å². The van der Waals surface area contributed by atoms with Crippen molar-refractivity contribution in [3.63, 3.8) is 0 Å². The van der Waals surface area contributed by atoms with Gasteiger partial charge in [-0.2, -0.15) is 0 Å². The van der Waals surface area contributed by atoms with Crippen LogP contribution < -0.4 is 10.6 Å². The zero-order chi connectivity index (χ0) is 21.5. The number of halogens is 1. The van der Waals surface area contributed by atoms with Crippen molar-refractivity contribution in [2.45, 2.75) is 48.3 Å². The third-order valence-electron chi connectivity index (χ3n) is 6.30. The van der Waals surface area contributed by atoms with E-state index in [9.17, 15) is 17.6 Å². The first-order chi connectivity index (χ1) is 14.2. The molecule has 8 heteroatoms. The molecule has 2 fully saturated rings. The molecule has 2 aliphatic rings. The summed E-state index contributed by atoms with van der Waals surface area (Å²) < 4.78 is 41.6. The van der Waals surface area contributed by atoms with Crippen molar-refractivity contribution in [3.05, 3.63) is 71.0 Å². The Balaban J connectivity index is 1.59. The minimum Gasteiger partial charge on any atom is -0.465 e. The molecule has 2 aromatic rings. The maximum absolute atomic E-state index is 14.9. The molecule has 0 spiro atoms. The average Bonchev–Trinajstić information content (AvgIpc) is 3.46. The predicted octanol–water partition coefficient (Wildman–Crippen LogP) is 3.14. The molecule has 3 atom stereocenters. The highest BCUT2D eigenvalue weighted by Gasteiger charge is 2.46. The number of nitrogens with one attached hydrogen (secondary N) is 2. The zero-order valence-electron chi connectivity index (χ0n) is 16.6. The van der Waals surface area contributed by atoms with E-state index in [4.69, 9.17) is 5.11 Å². The fraction of sp³-hybridized carbons (Fsp3) is 0.409. The first-order valence-corrected chi connectivity index (χ1v) is 11.6. The number of hydrogen-bond acceptors (Lipinski definition) is 4. The van der Waals surface area contributed by atoms with Crippen LogP contribution in [-0.4, -0.2) is 37.5 Å². The number of benzene rings is 2. The van der Waals surface area contributed by atoms with Gasteiger partial charge in [-0.1, -0.05) is 42.5 Å². The molecule has 1 amide bonds. The third-order valence-corrected chi connectivity index (χ3v) is 8.95. The lowest BCUT2D eigenvalue weighted by Crippen LogP contribution is -2.53. The molecule has 160 valence electrons. The summed E-state index contributed by atoms with van der Waals surface area (Å²) in [4.78, 5) is 11.0. The highest BCUT2D eigenvalue weighted by Crippen LogP contribution is 2.46.